The Labute approximate surface area is 57.4 Å². The van der Waals surface area contributed by atoms with Crippen molar-refractivity contribution in [1.82, 2.24) is 0 Å². The Balaban J connectivity index is 3.04. The van der Waals surface area contributed by atoms with Gasteiger partial charge >= 0.3 is 0 Å². The Morgan fingerprint density at radius 1 is 1.44 bits per heavy atom. The molecule has 9 heavy (non-hydrogen) atoms. The van der Waals surface area contributed by atoms with Crippen LogP contribution in [0.4, 0.5) is 0 Å². The van der Waals surface area contributed by atoms with Crippen LogP contribution in [-0.2, 0) is 0 Å². The van der Waals surface area contributed by atoms with Gasteiger partial charge in [-0.1, -0.05) is 25.5 Å². The zero-order chi connectivity index (χ0) is 7.11. The van der Waals surface area contributed by atoms with Gasteiger partial charge in [0.2, 0.25) is 0 Å². The Kier molecular flexibility index (Phi) is 5.64. The zero-order valence-corrected chi connectivity index (χ0v) is 6.30. The predicted octanol–water partition coefficient (Wildman–Crippen LogP) is 2.11. The summed E-state index contributed by atoms with van der Waals surface area (Å²) in [5.41, 5.74) is 0. The maximum atomic E-state index is 8.80. The minimum atomic E-state index is -0.182. The fraction of sp³-hybridized carbons (Fsp3) is 0.750. The summed E-state index contributed by atoms with van der Waals surface area (Å²) in [6.45, 7) is 3.95. The molecule has 0 aromatic carbocycles. The third kappa shape index (κ3) is 7.70. The van der Waals surface area contributed by atoms with Crippen LogP contribution in [0.1, 0.15) is 33.1 Å². The number of aliphatic hydroxyl groups excluding tert-OH is 1. The van der Waals surface area contributed by atoms with Crippen LogP contribution in [0, 0.1) is 0 Å². The Hall–Kier alpha value is -0.300. The predicted molar refractivity (Wildman–Crippen MR) is 40.3 cm³/mol. The standard InChI is InChI=1S/C8H16O/c1-3-4-5-6-7-8(2)9/h5-6,8-9H,3-4,7H2,1-2H3/b6-5-. The molecule has 0 aromatic rings. The van der Waals surface area contributed by atoms with E-state index in [9.17, 15) is 0 Å². The number of allylic oxidation sites excluding steroid dienone is 1. The molecular weight excluding hydrogens is 112 g/mol. The molecule has 1 heteroatoms. The molecule has 0 radical (unpaired) electrons. The topological polar surface area (TPSA) is 20.2 Å². The third-order valence-corrected chi connectivity index (χ3v) is 1.10. The lowest BCUT2D eigenvalue weighted by atomic mass is 10.2. The second-order valence-electron chi connectivity index (χ2n) is 2.34. The van der Waals surface area contributed by atoms with Gasteiger partial charge in [-0.15, -0.1) is 0 Å². The van der Waals surface area contributed by atoms with E-state index in [1.54, 1.807) is 6.92 Å². The highest BCUT2D eigenvalue weighted by molar-refractivity contribution is 4.82. The summed E-state index contributed by atoms with van der Waals surface area (Å²) in [6.07, 6.45) is 7.09. The average molecular weight is 128 g/mol. The van der Waals surface area contributed by atoms with Crippen molar-refractivity contribution in [3.8, 4) is 0 Å². The number of rotatable bonds is 4. The zero-order valence-electron chi connectivity index (χ0n) is 6.30. The Bertz CT molecular complexity index is 74.6. The molecule has 0 heterocycles. The van der Waals surface area contributed by atoms with Crippen molar-refractivity contribution in [2.75, 3.05) is 0 Å². The summed E-state index contributed by atoms with van der Waals surface area (Å²) in [6, 6.07) is 0. The van der Waals surface area contributed by atoms with Gasteiger partial charge in [0.1, 0.15) is 0 Å². The molecule has 0 aromatic heterocycles. The molecule has 54 valence electrons. The van der Waals surface area contributed by atoms with Crippen LogP contribution in [0.2, 0.25) is 0 Å². The largest absolute Gasteiger partial charge is 0.393 e. The highest BCUT2D eigenvalue weighted by atomic mass is 16.3. The Morgan fingerprint density at radius 3 is 2.56 bits per heavy atom. The highest BCUT2D eigenvalue weighted by Crippen LogP contribution is 1.94. The van der Waals surface area contributed by atoms with Crippen LogP contribution in [0.3, 0.4) is 0 Å². The van der Waals surface area contributed by atoms with E-state index in [4.69, 9.17) is 5.11 Å². The van der Waals surface area contributed by atoms with E-state index in [-0.39, 0.29) is 6.10 Å². The van der Waals surface area contributed by atoms with E-state index >= 15 is 0 Å². The molecule has 0 saturated heterocycles. The van der Waals surface area contributed by atoms with Crippen molar-refractivity contribution in [3.63, 3.8) is 0 Å². The molecule has 0 spiro atoms. The lowest BCUT2D eigenvalue weighted by Gasteiger charge is -1.94. The SMILES string of the molecule is CCC/C=C\CC(C)O. The van der Waals surface area contributed by atoms with Crippen molar-refractivity contribution in [2.24, 2.45) is 0 Å². The monoisotopic (exact) mass is 128 g/mol. The number of hydrogen-bond acceptors (Lipinski definition) is 1. The van der Waals surface area contributed by atoms with Crippen molar-refractivity contribution < 1.29 is 5.11 Å². The Morgan fingerprint density at radius 2 is 2.11 bits per heavy atom. The van der Waals surface area contributed by atoms with E-state index < -0.39 is 0 Å². The molecule has 0 aliphatic rings. The van der Waals surface area contributed by atoms with Crippen LogP contribution in [-0.4, -0.2) is 11.2 Å². The first kappa shape index (κ1) is 8.70. The average Bonchev–Trinajstić information content (AvgIpc) is 1.80. The molecule has 0 fully saturated rings. The normalized spacial score (nSPS) is 14.6. The van der Waals surface area contributed by atoms with Gasteiger partial charge < -0.3 is 5.11 Å². The minimum absolute atomic E-state index is 0.182. The van der Waals surface area contributed by atoms with Crippen LogP contribution < -0.4 is 0 Å². The van der Waals surface area contributed by atoms with Gasteiger partial charge in [-0.3, -0.25) is 0 Å². The summed E-state index contributed by atoms with van der Waals surface area (Å²) in [5.74, 6) is 0. The minimum Gasteiger partial charge on any atom is -0.393 e. The van der Waals surface area contributed by atoms with Gasteiger partial charge in [-0.2, -0.15) is 0 Å². The molecule has 0 aliphatic carbocycles. The smallest absolute Gasteiger partial charge is 0.0546 e. The van der Waals surface area contributed by atoms with Crippen LogP contribution in [0.5, 0.6) is 0 Å². The fourth-order valence-electron chi connectivity index (χ4n) is 0.578. The number of hydrogen-bond donors (Lipinski definition) is 1. The second-order valence-corrected chi connectivity index (χ2v) is 2.34. The van der Waals surface area contributed by atoms with E-state index in [2.05, 4.69) is 13.0 Å². The molecule has 0 amide bonds. The summed E-state index contributed by atoms with van der Waals surface area (Å²) >= 11 is 0. The second kappa shape index (κ2) is 5.83. The first-order valence-electron chi connectivity index (χ1n) is 3.60. The van der Waals surface area contributed by atoms with Crippen LogP contribution >= 0.6 is 0 Å². The molecule has 0 saturated carbocycles. The molecule has 0 bridgehead atoms. The molecule has 0 rings (SSSR count). The first-order chi connectivity index (χ1) is 4.27. The summed E-state index contributed by atoms with van der Waals surface area (Å²) in [7, 11) is 0. The van der Waals surface area contributed by atoms with Gasteiger partial charge in [0.25, 0.3) is 0 Å². The summed E-state index contributed by atoms with van der Waals surface area (Å²) in [4.78, 5) is 0. The molecule has 1 atom stereocenters. The summed E-state index contributed by atoms with van der Waals surface area (Å²) < 4.78 is 0. The van der Waals surface area contributed by atoms with Crippen LogP contribution in [0.25, 0.3) is 0 Å². The van der Waals surface area contributed by atoms with Crippen molar-refractivity contribution >= 4 is 0 Å². The highest BCUT2D eigenvalue weighted by Gasteiger charge is 1.86. The van der Waals surface area contributed by atoms with Crippen molar-refractivity contribution in [2.45, 2.75) is 39.2 Å². The molecule has 1 unspecified atom stereocenters. The molecular formula is C8H16O. The van der Waals surface area contributed by atoms with Crippen LogP contribution in [0.15, 0.2) is 12.2 Å². The van der Waals surface area contributed by atoms with Gasteiger partial charge in [0.15, 0.2) is 0 Å². The van der Waals surface area contributed by atoms with Crippen molar-refractivity contribution in [3.05, 3.63) is 12.2 Å². The third-order valence-electron chi connectivity index (χ3n) is 1.10. The summed E-state index contributed by atoms with van der Waals surface area (Å²) in [5, 5.41) is 8.80. The molecule has 1 N–H and O–H groups in total. The number of unbranched alkanes of at least 4 members (excludes halogenated alkanes) is 1. The van der Waals surface area contributed by atoms with E-state index in [1.807, 2.05) is 6.08 Å². The maximum absolute atomic E-state index is 8.80. The molecule has 1 nitrogen and oxygen atoms in total. The van der Waals surface area contributed by atoms with E-state index in [0.717, 1.165) is 12.8 Å². The van der Waals surface area contributed by atoms with Gasteiger partial charge in [-0.25, -0.2) is 0 Å². The van der Waals surface area contributed by atoms with Crippen molar-refractivity contribution in [1.29, 1.82) is 0 Å². The fourth-order valence-corrected chi connectivity index (χ4v) is 0.578. The van der Waals surface area contributed by atoms with E-state index in [0.29, 0.717) is 0 Å². The van der Waals surface area contributed by atoms with Gasteiger partial charge in [0, 0.05) is 0 Å². The molecule has 0 aliphatic heterocycles. The lowest BCUT2D eigenvalue weighted by molar-refractivity contribution is 0.198. The van der Waals surface area contributed by atoms with Gasteiger partial charge in [-0.05, 0) is 19.8 Å². The van der Waals surface area contributed by atoms with E-state index in [1.165, 1.54) is 6.42 Å². The lowest BCUT2D eigenvalue weighted by Crippen LogP contribution is -1.94. The van der Waals surface area contributed by atoms with Gasteiger partial charge in [0.05, 0.1) is 6.10 Å². The number of aliphatic hydroxyl groups is 1. The quantitative estimate of drug-likeness (QED) is 0.575. The maximum Gasteiger partial charge on any atom is 0.0546 e. The first-order valence-corrected chi connectivity index (χ1v) is 3.60.